The Kier molecular flexibility index (Phi) is 3.98. The van der Waals surface area contributed by atoms with Gasteiger partial charge in [-0.25, -0.2) is 4.39 Å². The van der Waals surface area contributed by atoms with Gasteiger partial charge in [0.25, 0.3) is 0 Å². The summed E-state index contributed by atoms with van der Waals surface area (Å²) in [6, 6.07) is 22.7. The Morgan fingerprint density at radius 3 is 2.40 bits per heavy atom. The molecule has 4 aromatic rings. The fourth-order valence-electron chi connectivity index (χ4n) is 3.12. The summed E-state index contributed by atoms with van der Waals surface area (Å²) in [7, 11) is 0. The van der Waals surface area contributed by atoms with Crippen LogP contribution < -0.4 is 4.74 Å². The predicted molar refractivity (Wildman–Crippen MR) is 98.7 cm³/mol. The van der Waals surface area contributed by atoms with E-state index in [0.717, 1.165) is 33.5 Å². The molecule has 0 N–H and O–H groups in total. The summed E-state index contributed by atoms with van der Waals surface area (Å²) in [5.74, 6) is 0.628. The van der Waals surface area contributed by atoms with Crippen molar-refractivity contribution >= 4 is 10.9 Å². The molecule has 0 aliphatic heterocycles. The number of benzene rings is 3. The average Bonchev–Trinajstić information content (AvgIpc) is 2.99. The van der Waals surface area contributed by atoms with E-state index in [1.54, 1.807) is 12.1 Å². The quantitative estimate of drug-likeness (QED) is 0.471. The van der Waals surface area contributed by atoms with Crippen molar-refractivity contribution in [3.8, 4) is 11.4 Å². The van der Waals surface area contributed by atoms with Gasteiger partial charge in [0.15, 0.2) is 0 Å². The van der Waals surface area contributed by atoms with Crippen LogP contribution in [0.25, 0.3) is 16.6 Å². The number of rotatable bonds is 4. The molecule has 0 radical (unpaired) electrons. The van der Waals surface area contributed by atoms with Crippen molar-refractivity contribution in [2.24, 2.45) is 0 Å². The van der Waals surface area contributed by atoms with E-state index in [1.807, 2.05) is 30.3 Å². The highest BCUT2D eigenvalue weighted by Crippen LogP contribution is 2.32. The maximum atomic E-state index is 13.2. The smallest absolute Gasteiger partial charge is 0.129 e. The van der Waals surface area contributed by atoms with Crippen LogP contribution in [0.15, 0.2) is 79.0 Å². The number of ether oxygens (including phenoxy) is 1. The van der Waals surface area contributed by atoms with Crippen LogP contribution in [0.3, 0.4) is 0 Å². The number of fused-ring (bicyclic) bond motifs is 1. The molecule has 1 aromatic heterocycles. The van der Waals surface area contributed by atoms with Gasteiger partial charge in [0.05, 0.1) is 5.52 Å². The molecule has 1 heterocycles. The van der Waals surface area contributed by atoms with Gasteiger partial charge in [-0.1, -0.05) is 36.4 Å². The SMILES string of the molecule is Cc1cn(-c2ccc(F)cc2)c2cccc(OCc3ccccc3)c12. The van der Waals surface area contributed by atoms with Crippen LogP contribution >= 0.6 is 0 Å². The Morgan fingerprint density at radius 2 is 1.64 bits per heavy atom. The zero-order valence-corrected chi connectivity index (χ0v) is 13.9. The second-order valence-electron chi connectivity index (χ2n) is 6.08. The van der Waals surface area contributed by atoms with Crippen LogP contribution in [0.1, 0.15) is 11.1 Å². The van der Waals surface area contributed by atoms with Crippen LogP contribution in [-0.2, 0) is 6.61 Å². The van der Waals surface area contributed by atoms with Crippen molar-refractivity contribution in [1.82, 2.24) is 4.57 Å². The molecule has 3 heteroatoms. The zero-order valence-electron chi connectivity index (χ0n) is 13.9. The molecule has 124 valence electrons. The van der Waals surface area contributed by atoms with E-state index in [4.69, 9.17) is 4.74 Å². The molecule has 0 bridgehead atoms. The van der Waals surface area contributed by atoms with Gasteiger partial charge in [0.1, 0.15) is 18.2 Å². The lowest BCUT2D eigenvalue weighted by Gasteiger charge is -2.10. The minimum Gasteiger partial charge on any atom is -0.488 e. The highest BCUT2D eigenvalue weighted by molar-refractivity contribution is 5.91. The maximum Gasteiger partial charge on any atom is 0.129 e. The number of aromatic nitrogens is 1. The van der Waals surface area contributed by atoms with Crippen LogP contribution in [0, 0.1) is 12.7 Å². The third-order valence-corrected chi connectivity index (χ3v) is 4.32. The van der Waals surface area contributed by atoms with Crippen molar-refractivity contribution in [1.29, 1.82) is 0 Å². The van der Waals surface area contributed by atoms with E-state index in [0.29, 0.717) is 6.61 Å². The molecule has 0 aliphatic carbocycles. The Morgan fingerprint density at radius 1 is 0.880 bits per heavy atom. The van der Waals surface area contributed by atoms with Gasteiger partial charge in [-0.05, 0) is 54.4 Å². The van der Waals surface area contributed by atoms with Gasteiger partial charge in [-0.2, -0.15) is 0 Å². The first-order chi connectivity index (χ1) is 12.2. The molecule has 25 heavy (non-hydrogen) atoms. The second kappa shape index (κ2) is 6.44. The Labute approximate surface area is 146 Å². The summed E-state index contributed by atoms with van der Waals surface area (Å²) >= 11 is 0. The van der Waals surface area contributed by atoms with E-state index in [-0.39, 0.29) is 5.82 Å². The molecule has 0 fully saturated rings. The Balaban J connectivity index is 1.73. The van der Waals surface area contributed by atoms with E-state index >= 15 is 0 Å². The standard InChI is InChI=1S/C22H18FNO/c1-16-14-24(19-12-10-18(23)11-13-19)20-8-5-9-21(22(16)20)25-15-17-6-3-2-4-7-17/h2-14H,15H2,1H3. The highest BCUT2D eigenvalue weighted by Gasteiger charge is 2.12. The van der Waals surface area contributed by atoms with Crippen LogP contribution in [0.5, 0.6) is 5.75 Å². The average molecular weight is 331 g/mol. The lowest BCUT2D eigenvalue weighted by atomic mass is 10.1. The topological polar surface area (TPSA) is 14.2 Å². The van der Waals surface area contributed by atoms with Crippen molar-refractivity contribution in [2.45, 2.75) is 13.5 Å². The molecule has 0 atom stereocenters. The third-order valence-electron chi connectivity index (χ3n) is 4.32. The van der Waals surface area contributed by atoms with Gasteiger partial charge in [-0.15, -0.1) is 0 Å². The number of nitrogens with zero attached hydrogens (tertiary/aromatic N) is 1. The number of halogens is 1. The summed E-state index contributed by atoms with van der Waals surface area (Å²) in [5, 5.41) is 1.09. The lowest BCUT2D eigenvalue weighted by Crippen LogP contribution is -1.96. The normalized spacial score (nSPS) is 11.0. The second-order valence-corrected chi connectivity index (χ2v) is 6.08. The van der Waals surface area contributed by atoms with Crippen LogP contribution in [0.2, 0.25) is 0 Å². The summed E-state index contributed by atoms with van der Waals surface area (Å²) in [6.45, 7) is 2.60. The minimum absolute atomic E-state index is 0.233. The fraction of sp³-hybridized carbons (Fsp3) is 0.0909. The molecule has 2 nitrogen and oxygen atoms in total. The molecule has 0 aliphatic rings. The van der Waals surface area contributed by atoms with Crippen molar-refractivity contribution in [3.63, 3.8) is 0 Å². The van der Waals surface area contributed by atoms with Gasteiger partial charge in [0, 0.05) is 17.3 Å². The summed E-state index contributed by atoms with van der Waals surface area (Å²) in [6.07, 6.45) is 2.06. The maximum absolute atomic E-state index is 13.2. The first-order valence-corrected chi connectivity index (χ1v) is 8.26. The van der Waals surface area contributed by atoms with Crippen molar-refractivity contribution in [2.75, 3.05) is 0 Å². The monoisotopic (exact) mass is 331 g/mol. The van der Waals surface area contributed by atoms with Gasteiger partial charge < -0.3 is 9.30 Å². The van der Waals surface area contributed by atoms with Crippen molar-refractivity contribution in [3.05, 3.63) is 95.9 Å². The summed E-state index contributed by atoms with van der Waals surface area (Å²) in [5.41, 5.74) is 4.24. The van der Waals surface area contributed by atoms with Gasteiger partial charge >= 0.3 is 0 Å². The Hall–Kier alpha value is -3.07. The molecule has 0 amide bonds. The first kappa shape index (κ1) is 15.5. The van der Waals surface area contributed by atoms with Crippen LogP contribution in [0.4, 0.5) is 4.39 Å². The number of hydrogen-bond acceptors (Lipinski definition) is 1. The molecule has 0 saturated carbocycles. The van der Waals surface area contributed by atoms with Gasteiger partial charge in [-0.3, -0.25) is 0 Å². The zero-order chi connectivity index (χ0) is 17.2. The third kappa shape index (κ3) is 3.01. The van der Waals surface area contributed by atoms with Crippen LogP contribution in [-0.4, -0.2) is 4.57 Å². The summed E-state index contributed by atoms with van der Waals surface area (Å²) in [4.78, 5) is 0. The fourth-order valence-corrected chi connectivity index (χ4v) is 3.12. The molecule has 4 rings (SSSR count). The number of aryl methyl sites for hydroxylation is 1. The molecular formula is C22H18FNO. The van der Waals surface area contributed by atoms with E-state index < -0.39 is 0 Å². The largest absolute Gasteiger partial charge is 0.488 e. The molecular weight excluding hydrogens is 313 g/mol. The lowest BCUT2D eigenvalue weighted by molar-refractivity contribution is 0.310. The Bertz CT molecular complexity index is 1000. The highest BCUT2D eigenvalue weighted by atomic mass is 19.1. The van der Waals surface area contributed by atoms with E-state index in [9.17, 15) is 4.39 Å². The van der Waals surface area contributed by atoms with E-state index in [1.165, 1.54) is 12.1 Å². The molecule has 3 aromatic carbocycles. The molecule has 0 spiro atoms. The number of hydrogen-bond donors (Lipinski definition) is 0. The van der Waals surface area contributed by atoms with Gasteiger partial charge in [0.2, 0.25) is 0 Å². The molecule has 0 saturated heterocycles. The first-order valence-electron chi connectivity index (χ1n) is 8.26. The van der Waals surface area contributed by atoms with E-state index in [2.05, 4.69) is 35.9 Å². The summed E-state index contributed by atoms with van der Waals surface area (Å²) < 4.78 is 21.4. The predicted octanol–water partition coefficient (Wildman–Crippen LogP) is 5.66. The van der Waals surface area contributed by atoms with Crippen molar-refractivity contribution < 1.29 is 9.13 Å². The molecule has 0 unspecified atom stereocenters. The minimum atomic E-state index is -0.233.